The van der Waals surface area contributed by atoms with Gasteiger partial charge in [-0.1, -0.05) is 17.7 Å². The van der Waals surface area contributed by atoms with Gasteiger partial charge in [0.05, 0.1) is 4.90 Å². The molecule has 1 aromatic rings. The predicted octanol–water partition coefficient (Wildman–Crippen LogP) is 1.45. The zero-order valence-electron chi connectivity index (χ0n) is 9.34. The molecule has 6 heteroatoms. The van der Waals surface area contributed by atoms with Crippen LogP contribution in [-0.2, 0) is 10.0 Å². The van der Waals surface area contributed by atoms with Gasteiger partial charge in [-0.3, -0.25) is 0 Å². The first kappa shape index (κ1) is 12.8. The van der Waals surface area contributed by atoms with Crippen molar-refractivity contribution in [3.05, 3.63) is 29.3 Å². The number of benzene rings is 1. The minimum absolute atomic E-state index is 0.0843. The highest BCUT2D eigenvalue weighted by Gasteiger charge is 2.34. The molecule has 0 amide bonds. The van der Waals surface area contributed by atoms with Crippen LogP contribution in [0.15, 0.2) is 29.2 Å². The molecule has 94 valence electrons. The average molecular weight is 275 g/mol. The Morgan fingerprint density at radius 2 is 2.24 bits per heavy atom. The largest absolute Gasteiger partial charge is 0.329 e. The van der Waals surface area contributed by atoms with Gasteiger partial charge in [0.25, 0.3) is 0 Å². The minimum atomic E-state index is -3.45. The van der Waals surface area contributed by atoms with Gasteiger partial charge in [0.2, 0.25) is 10.0 Å². The summed E-state index contributed by atoms with van der Waals surface area (Å²) in [4.78, 5) is 0.241. The quantitative estimate of drug-likeness (QED) is 0.907. The number of hydrogen-bond acceptors (Lipinski definition) is 3. The molecule has 0 aliphatic carbocycles. The summed E-state index contributed by atoms with van der Waals surface area (Å²) in [6, 6.07) is 6.25. The molecule has 2 rings (SSSR count). The van der Waals surface area contributed by atoms with Crippen molar-refractivity contribution in [3.63, 3.8) is 0 Å². The molecule has 1 aliphatic rings. The third kappa shape index (κ3) is 2.47. The summed E-state index contributed by atoms with van der Waals surface area (Å²) in [6.07, 6.45) is 1.69. The minimum Gasteiger partial charge on any atom is -0.329 e. The average Bonchev–Trinajstić information content (AvgIpc) is 2.77. The van der Waals surface area contributed by atoms with Gasteiger partial charge in [-0.15, -0.1) is 0 Å². The van der Waals surface area contributed by atoms with Crippen molar-refractivity contribution in [2.24, 2.45) is 5.73 Å². The van der Waals surface area contributed by atoms with Crippen molar-refractivity contribution < 1.29 is 8.42 Å². The highest BCUT2D eigenvalue weighted by Crippen LogP contribution is 2.26. The standard InChI is InChI=1S/C11H15ClN2O2S/c12-9-3-1-5-11(7-9)17(15,16)14-6-2-4-10(14)8-13/h1,3,5,7,10H,2,4,6,8,13H2. The molecule has 0 spiro atoms. The molecule has 1 saturated heterocycles. The van der Waals surface area contributed by atoms with E-state index in [1.54, 1.807) is 18.2 Å². The highest BCUT2D eigenvalue weighted by molar-refractivity contribution is 7.89. The smallest absolute Gasteiger partial charge is 0.243 e. The van der Waals surface area contributed by atoms with Gasteiger partial charge in [-0.25, -0.2) is 8.42 Å². The number of sulfonamides is 1. The second kappa shape index (κ2) is 4.94. The molecule has 4 nitrogen and oxygen atoms in total. The van der Waals surface area contributed by atoms with E-state index < -0.39 is 10.0 Å². The molecule has 0 bridgehead atoms. The summed E-state index contributed by atoms with van der Waals surface area (Å²) in [7, 11) is -3.45. The summed E-state index contributed by atoms with van der Waals surface area (Å²) in [5.41, 5.74) is 5.60. The summed E-state index contributed by atoms with van der Waals surface area (Å²) in [6.45, 7) is 0.899. The molecule has 1 atom stereocenters. The Morgan fingerprint density at radius 3 is 2.88 bits per heavy atom. The first-order chi connectivity index (χ1) is 8.05. The van der Waals surface area contributed by atoms with Crippen LogP contribution in [0.4, 0.5) is 0 Å². The Balaban J connectivity index is 2.36. The number of hydrogen-bond donors (Lipinski definition) is 1. The van der Waals surface area contributed by atoms with E-state index in [2.05, 4.69) is 0 Å². The van der Waals surface area contributed by atoms with Gasteiger partial charge in [-0.05, 0) is 31.0 Å². The van der Waals surface area contributed by atoms with Crippen LogP contribution in [0.3, 0.4) is 0 Å². The second-order valence-corrected chi connectivity index (χ2v) is 6.43. The van der Waals surface area contributed by atoms with Crippen LogP contribution in [-0.4, -0.2) is 31.9 Å². The van der Waals surface area contributed by atoms with E-state index in [0.717, 1.165) is 12.8 Å². The van der Waals surface area contributed by atoms with Crippen LogP contribution in [0.25, 0.3) is 0 Å². The maximum absolute atomic E-state index is 12.4. The molecule has 0 radical (unpaired) electrons. The number of rotatable bonds is 3. The molecule has 0 aromatic heterocycles. The van der Waals surface area contributed by atoms with Crippen molar-refractivity contribution >= 4 is 21.6 Å². The van der Waals surface area contributed by atoms with Crippen LogP contribution in [0, 0.1) is 0 Å². The lowest BCUT2D eigenvalue weighted by atomic mass is 10.2. The van der Waals surface area contributed by atoms with Crippen LogP contribution in [0.2, 0.25) is 5.02 Å². The summed E-state index contributed by atoms with van der Waals surface area (Å²) in [5.74, 6) is 0. The molecular weight excluding hydrogens is 260 g/mol. The van der Waals surface area contributed by atoms with Gasteiger partial charge in [0, 0.05) is 24.2 Å². The first-order valence-corrected chi connectivity index (χ1v) is 7.35. The fourth-order valence-corrected chi connectivity index (χ4v) is 4.13. The Hall–Kier alpha value is -0.620. The maximum atomic E-state index is 12.4. The van der Waals surface area contributed by atoms with Crippen LogP contribution < -0.4 is 5.73 Å². The molecule has 1 aliphatic heterocycles. The third-order valence-corrected chi connectivity index (χ3v) is 5.18. The molecule has 2 N–H and O–H groups in total. The lowest BCUT2D eigenvalue weighted by molar-refractivity contribution is 0.393. The molecular formula is C11H15ClN2O2S. The second-order valence-electron chi connectivity index (χ2n) is 4.10. The van der Waals surface area contributed by atoms with Crippen molar-refractivity contribution in [2.75, 3.05) is 13.1 Å². The molecule has 1 fully saturated rings. The Labute approximate surface area is 106 Å². The zero-order chi connectivity index (χ0) is 12.5. The van der Waals surface area contributed by atoms with Crippen molar-refractivity contribution in [3.8, 4) is 0 Å². The Morgan fingerprint density at radius 1 is 1.47 bits per heavy atom. The van der Waals surface area contributed by atoms with Crippen LogP contribution in [0.1, 0.15) is 12.8 Å². The summed E-state index contributed by atoms with van der Waals surface area (Å²) >= 11 is 5.82. The van der Waals surface area contributed by atoms with Gasteiger partial charge in [-0.2, -0.15) is 4.31 Å². The molecule has 1 aromatic carbocycles. The number of nitrogens with two attached hydrogens (primary N) is 1. The van der Waals surface area contributed by atoms with Crippen molar-refractivity contribution in [2.45, 2.75) is 23.8 Å². The normalized spacial score (nSPS) is 21.9. The zero-order valence-corrected chi connectivity index (χ0v) is 10.9. The predicted molar refractivity (Wildman–Crippen MR) is 67.4 cm³/mol. The molecule has 1 unspecified atom stereocenters. The third-order valence-electron chi connectivity index (χ3n) is 3.00. The van der Waals surface area contributed by atoms with E-state index in [1.807, 2.05) is 0 Å². The van der Waals surface area contributed by atoms with E-state index in [0.29, 0.717) is 18.1 Å². The fourth-order valence-electron chi connectivity index (χ4n) is 2.12. The van der Waals surface area contributed by atoms with E-state index in [1.165, 1.54) is 10.4 Å². The lowest BCUT2D eigenvalue weighted by Crippen LogP contribution is -2.39. The number of nitrogens with zero attached hydrogens (tertiary/aromatic N) is 1. The first-order valence-electron chi connectivity index (χ1n) is 5.53. The van der Waals surface area contributed by atoms with Gasteiger partial charge < -0.3 is 5.73 Å². The lowest BCUT2D eigenvalue weighted by Gasteiger charge is -2.22. The Kier molecular flexibility index (Phi) is 3.73. The van der Waals surface area contributed by atoms with Gasteiger partial charge in [0.15, 0.2) is 0 Å². The Bertz CT molecular complexity index is 504. The number of halogens is 1. The van der Waals surface area contributed by atoms with Crippen LogP contribution in [0.5, 0.6) is 0 Å². The van der Waals surface area contributed by atoms with E-state index in [4.69, 9.17) is 17.3 Å². The van der Waals surface area contributed by atoms with Gasteiger partial charge in [0.1, 0.15) is 0 Å². The highest BCUT2D eigenvalue weighted by atomic mass is 35.5. The summed E-state index contributed by atoms with van der Waals surface area (Å²) in [5, 5.41) is 0.426. The van der Waals surface area contributed by atoms with Gasteiger partial charge >= 0.3 is 0 Å². The van der Waals surface area contributed by atoms with E-state index in [9.17, 15) is 8.42 Å². The van der Waals surface area contributed by atoms with E-state index >= 15 is 0 Å². The summed E-state index contributed by atoms with van der Waals surface area (Å²) < 4.78 is 26.2. The maximum Gasteiger partial charge on any atom is 0.243 e. The van der Waals surface area contributed by atoms with Crippen LogP contribution >= 0.6 is 11.6 Å². The molecule has 17 heavy (non-hydrogen) atoms. The fraction of sp³-hybridized carbons (Fsp3) is 0.455. The monoisotopic (exact) mass is 274 g/mol. The van der Waals surface area contributed by atoms with Crippen molar-refractivity contribution in [1.29, 1.82) is 0 Å². The molecule has 0 saturated carbocycles. The van der Waals surface area contributed by atoms with E-state index in [-0.39, 0.29) is 10.9 Å². The van der Waals surface area contributed by atoms with Crippen molar-refractivity contribution in [1.82, 2.24) is 4.31 Å². The topological polar surface area (TPSA) is 63.4 Å². The SMILES string of the molecule is NCC1CCCN1S(=O)(=O)c1cccc(Cl)c1. The molecule has 1 heterocycles.